The summed E-state index contributed by atoms with van der Waals surface area (Å²) in [5.41, 5.74) is -0.307. The number of pyridine rings is 1. The highest BCUT2D eigenvalue weighted by atomic mass is 32.1. The summed E-state index contributed by atoms with van der Waals surface area (Å²) in [6.07, 6.45) is -1.04. The predicted molar refractivity (Wildman–Crippen MR) is 98.4 cm³/mol. The van der Waals surface area contributed by atoms with Crippen molar-refractivity contribution in [3.63, 3.8) is 0 Å². The molecule has 5 nitrogen and oxygen atoms in total. The fourth-order valence-corrected chi connectivity index (χ4v) is 4.04. The number of piperazine rings is 1. The number of nitrogens with zero attached hydrogens (tertiary/aromatic N) is 3. The maximum Gasteiger partial charge on any atom is 0.416 e. The zero-order valence-electron chi connectivity index (χ0n) is 14.2. The van der Waals surface area contributed by atoms with E-state index in [0.717, 1.165) is 23.4 Å². The molecule has 1 saturated heterocycles. The predicted octanol–water partition coefficient (Wildman–Crippen LogP) is 3.57. The number of rotatable bonds is 4. The molecule has 1 N–H and O–H groups in total. The molecule has 0 amide bonds. The van der Waals surface area contributed by atoms with Gasteiger partial charge in [0.2, 0.25) is 0 Å². The molecule has 3 heterocycles. The van der Waals surface area contributed by atoms with Gasteiger partial charge < -0.3 is 15.0 Å². The van der Waals surface area contributed by atoms with Crippen molar-refractivity contribution in [3.05, 3.63) is 48.3 Å². The molecule has 0 radical (unpaired) electrons. The van der Waals surface area contributed by atoms with Crippen LogP contribution in [0.15, 0.2) is 42.7 Å². The highest BCUT2D eigenvalue weighted by Crippen LogP contribution is 2.35. The van der Waals surface area contributed by atoms with Gasteiger partial charge in [-0.1, -0.05) is 11.3 Å². The van der Waals surface area contributed by atoms with Crippen LogP contribution in [0.2, 0.25) is 0 Å². The number of fused-ring (bicyclic) bond motifs is 1. The van der Waals surface area contributed by atoms with E-state index in [0.29, 0.717) is 36.1 Å². The van der Waals surface area contributed by atoms with E-state index >= 15 is 0 Å². The number of benzene rings is 1. The van der Waals surface area contributed by atoms with Crippen molar-refractivity contribution in [2.45, 2.75) is 12.2 Å². The molecule has 27 heavy (non-hydrogen) atoms. The van der Waals surface area contributed by atoms with Crippen molar-refractivity contribution >= 4 is 26.7 Å². The van der Waals surface area contributed by atoms with Gasteiger partial charge in [0, 0.05) is 25.8 Å². The largest absolute Gasteiger partial charge is 0.490 e. The second-order valence-electron chi connectivity index (χ2n) is 6.23. The van der Waals surface area contributed by atoms with Gasteiger partial charge in [-0.2, -0.15) is 13.2 Å². The van der Waals surface area contributed by atoms with Crippen LogP contribution in [-0.2, 0) is 6.18 Å². The van der Waals surface area contributed by atoms with E-state index in [1.54, 1.807) is 18.5 Å². The normalized spacial score (nSPS) is 18.0. The molecule has 9 heteroatoms. The van der Waals surface area contributed by atoms with Gasteiger partial charge in [0.25, 0.3) is 0 Å². The zero-order chi connectivity index (χ0) is 18.9. The van der Waals surface area contributed by atoms with Crippen LogP contribution in [0.4, 0.5) is 18.3 Å². The highest BCUT2D eigenvalue weighted by molar-refractivity contribution is 7.22. The molecular formula is C18H17F3N4OS. The van der Waals surface area contributed by atoms with Crippen LogP contribution in [0.25, 0.3) is 10.2 Å². The van der Waals surface area contributed by atoms with E-state index in [-0.39, 0.29) is 6.04 Å². The molecule has 2 aromatic heterocycles. The summed E-state index contributed by atoms with van der Waals surface area (Å²) in [6.45, 7) is 2.65. The first-order valence-electron chi connectivity index (χ1n) is 8.49. The Balaban J connectivity index is 1.56. The van der Waals surface area contributed by atoms with E-state index < -0.39 is 11.7 Å². The molecule has 1 aliphatic heterocycles. The van der Waals surface area contributed by atoms with Crippen LogP contribution in [0, 0.1) is 0 Å². The van der Waals surface area contributed by atoms with Gasteiger partial charge in [0.15, 0.2) is 5.13 Å². The Labute approximate surface area is 157 Å². The second kappa shape index (κ2) is 7.32. The van der Waals surface area contributed by atoms with Crippen LogP contribution in [0.5, 0.6) is 5.75 Å². The Morgan fingerprint density at radius 1 is 1.30 bits per heavy atom. The monoisotopic (exact) mass is 394 g/mol. The lowest BCUT2D eigenvalue weighted by atomic mass is 10.2. The minimum atomic E-state index is -4.37. The smallest absolute Gasteiger partial charge is 0.416 e. The lowest BCUT2D eigenvalue weighted by Gasteiger charge is -2.35. The Morgan fingerprint density at radius 3 is 2.96 bits per heavy atom. The van der Waals surface area contributed by atoms with Crippen LogP contribution in [0.3, 0.4) is 0 Å². The number of nitrogens with one attached hydrogen (secondary N) is 1. The molecule has 1 aromatic carbocycles. The molecular weight excluding hydrogens is 377 g/mol. The average molecular weight is 394 g/mol. The van der Waals surface area contributed by atoms with Crippen LogP contribution in [0.1, 0.15) is 5.56 Å². The summed E-state index contributed by atoms with van der Waals surface area (Å²) >= 11 is 1.40. The number of halogens is 3. The number of ether oxygens (including phenoxy) is 1. The Morgan fingerprint density at radius 2 is 2.19 bits per heavy atom. The first-order chi connectivity index (χ1) is 13.0. The summed E-state index contributed by atoms with van der Waals surface area (Å²) in [5.74, 6) is 0.683. The number of hydrogen-bond acceptors (Lipinski definition) is 6. The van der Waals surface area contributed by atoms with Crippen LogP contribution < -0.4 is 15.0 Å². The molecule has 0 aliphatic carbocycles. The van der Waals surface area contributed by atoms with Crippen LogP contribution in [-0.4, -0.2) is 42.3 Å². The average Bonchev–Trinajstić information content (AvgIpc) is 3.10. The maximum absolute atomic E-state index is 12.9. The van der Waals surface area contributed by atoms with E-state index in [9.17, 15) is 13.2 Å². The van der Waals surface area contributed by atoms with Gasteiger partial charge in [0.1, 0.15) is 12.4 Å². The van der Waals surface area contributed by atoms with Crippen molar-refractivity contribution in [1.29, 1.82) is 0 Å². The van der Waals surface area contributed by atoms with Crippen molar-refractivity contribution in [1.82, 2.24) is 15.3 Å². The number of anilines is 1. The first-order valence-corrected chi connectivity index (χ1v) is 9.30. The zero-order valence-corrected chi connectivity index (χ0v) is 15.1. The number of aromatic nitrogens is 2. The van der Waals surface area contributed by atoms with E-state index in [1.807, 2.05) is 6.07 Å². The van der Waals surface area contributed by atoms with Gasteiger partial charge in [-0.3, -0.25) is 4.98 Å². The van der Waals surface area contributed by atoms with E-state index in [2.05, 4.69) is 20.2 Å². The molecule has 1 aliphatic rings. The van der Waals surface area contributed by atoms with Crippen molar-refractivity contribution < 1.29 is 17.9 Å². The van der Waals surface area contributed by atoms with Gasteiger partial charge in [0.05, 0.1) is 28.0 Å². The maximum atomic E-state index is 12.9. The summed E-state index contributed by atoms with van der Waals surface area (Å²) in [7, 11) is 0. The fraction of sp³-hybridized carbons (Fsp3) is 0.333. The second-order valence-corrected chi connectivity index (χ2v) is 7.24. The summed E-state index contributed by atoms with van der Waals surface area (Å²) in [6, 6.07) is 7.37. The van der Waals surface area contributed by atoms with Crippen molar-refractivity contribution in [3.8, 4) is 5.75 Å². The van der Waals surface area contributed by atoms with Gasteiger partial charge >= 0.3 is 6.18 Å². The number of hydrogen-bond donors (Lipinski definition) is 1. The fourth-order valence-electron chi connectivity index (χ4n) is 3.00. The lowest BCUT2D eigenvalue weighted by Crippen LogP contribution is -2.54. The van der Waals surface area contributed by atoms with E-state index in [1.165, 1.54) is 17.4 Å². The molecule has 142 valence electrons. The molecule has 1 fully saturated rings. The minimum absolute atomic E-state index is 0.0293. The molecule has 0 spiro atoms. The van der Waals surface area contributed by atoms with Crippen LogP contribution >= 0.6 is 11.3 Å². The number of alkyl halides is 3. The molecule has 3 aromatic rings. The molecule has 0 bridgehead atoms. The van der Waals surface area contributed by atoms with Crippen molar-refractivity contribution in [2.24, 2.45) is 0 Å². The molecule has 4 rings (SSSR count). The van der Waals surface area contributed by atoms with Gasteiger partial charge in [-0.05, 0) is 30.3 Å². The standard InChI is InChI=1S/C18H17F3N4OS/c19-18(20,21)12-3-4-16-15(8-12)24-17(27-16)25-7-6-23-9-13(25)11-26-14-2-1-5-22-10-14/h1-5,8,10,13,23H,6-7,9,11H2. The lowest BCUT2D eigenvalue weighted by molar-refractivity contribution is -0.137. The Kier molecular flexibility index (Phi) is 4.88. The Hall–Kier alpha value is -2.39. The quantitative estimate of drug-likeness (QED) is 0.733. The SMILES string of the molecule is FC(F)(F)c1ccc2sc(N3CCNCC3COc3cccnc3)nc2c1. The Bertz CT molecular complexity index is 916. The molecule has 0 saturated carbocycles. The summed E-state index contributed by atoms with van der Waals surface area (Å²) < 4.78 is 45.4. The molecule has 1 unspecified atom stereocenters. The first kappa shape index (κ1) is 18.0. The third-order valence-corrected chi connectivity index (χ3v) is 5.45. The number of thiazole rings is 1. The summed E-state index contributed by atoms with van der Waals surface area (Å²) in [4.78, 5) is 10.6. The topological polar surface area (TPSA) is 50.3 Å². The third kappa shape index (κ3) is 3.98. The van der Waals surface area contributed by atoms with Gasteiger partial charge in [-0.25, -0.2) is 4.98 Å². The molecule has 1 atom stereocenters. The highest BCUT2D eigenvalue weighted by Gasteiger charge is 2.31. The summed E-state index contributed by atoms with van der Waals surface area (Å²) in [5, 5.41) is 4.04. The van der Waals surface area contributed by atoms with Crippen molar-refractivity contribution in [2.75, 3.05) is 31.1 Å². The third-order valence-electron chi connectivity index (χ3n) is 4.38. The van der Waals surface area contributed by atoms with Gasteiger partial charge in [-0.15, -0.1) is 0 Å². The van der Waals surface area contributed by atoms with E-state index in [4.69, 9.17) is 4.74 Å². The minimum Gasteiger partial charge on any atom is -0.490 e.